The van der Waals surface area contributed by atoms with E-state index in [4.69, 9.17) is 9.47 Å². The molecule has 3 rings (SSSR count). The van der Waals surface area contributed by atoms with Gasteiger partial charge < -0.3 is 14.8 Å². The SMILES string of the molecule is CCc1cccc(N(C=O)C(=O)Nc2ccc3c(c2)OCO3)c1. The zero-order valence-corrected chi connectivity index (χ0v) is 12.6. The highest BCUT2D eigenvalue weighted by atomic mass is 16.7. The molecule has 0 saturated heterocycles. The number of nitrogens with one attached hydrogen (secondary N) is 1. The lowest BCUT2D eigenvalue weighted by Gasteiger charge is -2.17. The number of aryl methyl sites for hydroxylation is 1. The van der Waals surface area contributed by atoms with Gasteiger partial charge in [0.25, 0.3) is 0 Å². The molecule has 0 atom stereocenters. The summed E-state index contributed by atoms with van der Waals surface area (Å²) >= 11 is 0. The zero-order valence-electron chi connectivity index (χ0n) is 12.6. The van der Waals surface area contributed by atoms with Crippen molar-refractivity contribution < 1.29 is 19.1 Å². The van der Waals surface area contributed by atoms with Gasteiger partial charge in [0.05, 0.1) is 5.69 Å². The highest BCUT2D eigenvalue weighted by Crippen LogP contribution is 2.34. The summed E-state index contributed by atoms with van der Waals surface area (Å²) < 4.78 is 10.5. The normalized spacial score (nSPS) is 11.9. The Morgan fingerprint density at radius 3 is 2.83 bits per heavy atom. The molecule has 6 heteroatoms. The van der Waals surface area contributed by atoms with Crippen LogP contribution in [0.15, 0.2) is 42.5 Å². The van der Waals surface area contributed by atoms with Crippen molar-refractivity contribution in [2.75, 3.05) is 17.0 Å². The first-order chi connectivity index (χ1) is 11.2. The summed E-state index contributed by atoms with van der Waals surface area (Å²) in [4.78, 5) is 24.7. The topological polar surface area (TPSA) is 67.9 Å². The van der Waals surface area contributed by atoms with E-state index in [9.17, 15) is 9.59 Å². The molecular weight excluding hydrogens is 296 g/mol. The molecule has 0 bridgehead atoms. The molecule has 2 aromatic rings. The summed E-state index contributed by atoms with van der Waals surface area (Å²) in [5.74, 6) is 1.19. The van der Waals surface area contributed by atoms with Crippen LogP contribution in [0.5, 0.6) is 11.5 Å². The van der Waals surface area contributed by atoms with E-state index >= 15 is 0 Å². The molecule has 0 aliphatic carbocycles. The molecule has 0 aromatic heterocycles. The number of imide groups is 1. The fourth-order valence-electron chi connectivity index (χ4n) is 2.31. The van der Waals surface area contributed by atoms with Crippen LogP contribution in [-0.2, 0) is 11.2 Å². The number of ether oxygens (including phenoxy) is 2. The molecule has 2 aromatic carbocycles. The first-order valence-electron chi connectivity index (χ1n) is 7.25. The molecular formula is C17H16N2O4. The number of urea groups is 1. The third-order valence-corrected chi connectivity index (χ3v) is 3.55. The van der Waals surface area contributed by atoms with Crippen LogP contribution in [0.1, 0.15) is 12.5 Å². The Kier molecular flexibility index (Phi) is 4.14. The van der Waals surface area contributed by atoms with Crippen LogP contribution < -0.4 is 19.7 Å². The molecule has 118 valence electrons. The van der Waals surface area contributed by atoms with Crippen molar-refractivity contribution >= 4 is 23.8 Å². The van der Waals surface area contributed by atoms with Gasteiger partial charge in [-0.25, -0.2) is 9.69 Å². The summed E-state index contributed by atoms with van der Waals surface area (Å²) in [5, 5.41) is 2.68. The number of rotatable bonds is 4. The number of carbonyl (C=O) groups excluding carboxylic acids is 2. The molecule has 1 N–H and O–H groups in total. The lowest BCUT2D eigenvalue weighted by atomic mass is 10.1. The maximum absolute atomic E-state index is 12.4. The van der Waals surface area contributed by atoms with Gasteiger partial charge in [-0.05, 0) is 36.2 Å². The Hall–Kier alpha value is -3.02. The van der Waals surface area contributed by atoms with Gasteiger partial charge in [-0.3, -0.25) is 4.79 Å². The average Bonchev–Trinajstić information content (AvgIpc) is 3.03. The van der Waals surface area contributed by atoms with E-state index in [0.717, 1.165) is 16.9 Å². The second-order valence-corrected chi connectivity index (χ2v) is 5.00. The lowest BCUT2D eigenvalue weighted by molar-refractivity contribution is -0.106. The number of benzene rings is 2. The number of anilines is 2. The van der Waals surface area contributed by atoms with E-state index in [1.54, 1.807) is 24.3 Å². The van der Waals surface area contributed by atoms with Crippen molar-refractivity contribution in [2.45, 2.75) is 13.3 Å². The third-order valence-electron chi connectivity index (χ3n) is 3.55. The summed E-state index contributed by atoms with van der Waals surface area (Å²) in [7, 11) is 0. The van der Waals surface area contributed by atoms with Crippen LogP contribution in [0.4, 0.5) is 16.2 Å². The van der Waals surface area contributed by atoms with Crippen molar-refractivity contribution in [3.63, 3.8) is 0 Å². The van der Waals surface area contributed by atoms with E-state index in [1.807, 2.05) is 25.1 Å². The predicted molar refractivity (Wildman–Crippen MR) is 85.9 cm³/mol. The Balaban J connectivity index is 1.78. The quantitative estimate of drug-likeness (QED) is 0.881. The van der Waals surface area contributed by atoms with Crippen LogP contribution in [0.25, 0.3) is 0 Å². The Bertz CT molecular complexity index is 745. The van der Waals surface area contributed by atoms with E-state index in [-0.39, 0.29) is 6.79 Å². The number of hydrogen-bond acceptors (Lipinski definition) is 4. The van der Waals surface area contributed by atoms with Gasteiger partial charge in [-0.2, -0.15) is 0 Å². The standard InChI is InChI=1S/C17H16N2O4/c1-2-12-4-3-5-14(8-12)19(10-20)17(21)18-13-6-7-15-16(9-13)23-11-22-15/h3-10H,2,11H2,1H3,(H,18,21). The average molecular weight is 312 g/mol. The van der Waals surface area contributed by atoms with E-state index in [1.165, 1.54) is 0 Å². The largest absolute Gasteiger partial charge is 0.454 e. The van der Waals surface area contributed by atoms with E-state index < -0.39 is 6.03 Å². The second-order valence-electron chi connectivity index (χ2n) is 5.00. The molecule has 6 nitrogen and oxygen atoms in total. The van der Waals surface area contributed by atoms with Crippen LogP contribution in [0, 0.1) is 0 Å². The van der Waals surface area contributed by atoms with E-state index in [2.05, 4.69) is 5.32 Å². The van der Waals surface area contributed by atoms with Crippen molar-refractivity contribution in [3.8, 4) is 11.5 Å². The maximum atomic E-state index is 12.4. The van der Waals surface area contributed by atoms with Gasteiger partial charge in [0.1, 0.15) is 0 Å². The number of amides is 3. The molecule has 1 aliphatic heterocycles. The van der Waals surface area contributed by atoms with Gasteiger partial charge in [0.2, 0.25) is 13.2 Å². The van der Waals surface area contributed by atoms with Crippen LogP contribution in [-0.4, -0.2) is 19.2 Å². The Morgan fingerprint density at radius 2 is 2.04 bits per heavy atom. The van der Waals surface area contributed by atoms with E-state index in [0.29, 0.717) is 29.3 Å². The Morgan fingerprint density at radius 1 is 1.22 bits per heavy atom. The van der Waals surface area contributed by atoms with Gasteiger partial charge >= 0.3 is 6.03 Å². The zero-order chi connectivity index (χ0) is 16.2. The van der Waals surface area contributed by atoms with Crippen molar-refractivity contribution in [1.82, 2.24) is 0 Å². The molecule has 0 unspecified atom stereocenters. The number of nitrogens with zero attached hydrogens (tertiary/aromatic N) is 1. The molecule has 0 saturated carbocycles. The Labute approximate surface area is 133 Å². The van der Waals surface area contributed by atoms with Gasteiger partial charge in [-0.1, -0.05) is 19.1 Å². The fourth-order valence-corrected chi connectivity index (χ4v) is 2.31. The minimum absolute atomic E-state index is 0.164. The first kappa shape index (κ1) is 14.9. The van der Waals surface area contributed by atoms with Crippen LogP contribution >= 0.6 is 0 Å². The molecule has 0 spiro atoms. The van der Waals surface area contributed by atoms with Gasteiger partial charge in [0.15, 0.2) is 11.5 Å². The first-order valence-corrected chi connectivity index (χ1v) is 7.25. The number of carbonyl (C=O) groups is 2. The fraction of sp³-hybridized carbons (Fsp3) is 0.176. The molecule has 0 fully saturated rings. The highest BCUT2D eigenvalue weighted by Gasteiger charge is 2.18. The lowest BCUT2D eigenvalue weighted by Crippen LogP contribution is -2.33. The minimum Gasteiger partial charge on any atom is -0.454 e. The highest BCUT2D eigenvalue weighted by molar-refractivity contribution is 6.12. The predicted octanol–water partition coefficient (Wildman–Crippen LogP) is 3.17. The summed E-state index contributed by atoms with van der Waals surface area (Å²) in [6.45, 7) is 2.17. The second kappa shape index (κ2) is 6.39. The molecule has 3 amide bonds. The maximum Gasteiger partial charge on any atom is 0.332 e. The number of hydrogen-bond donors (Lipinski definition) is 1. The smallest absolute Gasteiger partial charge is 0.332 e. The summed E-state index contributed by atoms with van der Waals surface area (Å²) in [5.41, 5.74) is 2.10. The molecule has 23 heavy (non-hydrogen) atoms. The number of fused-ring (bicyclic) bond motifs is 1. The van der Waals surface area contributed by atoms with Gasteiger partial charge in [-0.15, -0.1) is 0 Å². The van der Waals surface area contributed by atoms with Gasteiger partial charge in [0, 0.05) is 11.8 Å². The minimum atomic E-state index is -0.535. The van der Waals surface area contributed by atoms with Crippen molar-refractivity contribution in [3.05, 3.63) is 48.0 Å². The van der Waals surface area contributed by atoms with Crippen LogP contribution in [0.3, 0.4) is 0 Å². The summed E-state index contributed by atoms with van der Waals surface area (Å²) in [6, 6.07) is 11.8. The molecule has 1 aliphatic rings. The van der Waals surface area contributed by atoms with Crippen molar-refractivity contribution in [1.29, 1.82) is 0 Å². The summed E-state index contributed by atoms with van der Waals surface area (Å²) in [6.07, 6.45) is 1.32. The van der Waals surface area contributed by atoms with Crippen LogP contribution in [0.2, 0.25) is 0 Å². The molecule has 1 heterocycles. The third kappa shape index (κ3) is 3.11. The monoisotopic (exact) mass is 312 g/mol. The molecule has 0 radical (unpaired) electrons. The van der Waals surface area contributed by atoms with Crippen molar-refractivity contribution in [2.24, 2.45) is 0 Å².